The van der Waals surface area contributed by atoms with Gasteiger partial charge in [-0.15, -0.1) is 0 Å². The largest absolute Gasteiger partial charge is 0.361 e. The van der Waals surface area contributed by atoms with Gasteiger partial charge >= 0.3 is 0 Å². The van der Waals surface area contributed by atoms with E-state index in [0.717, 1.165) is 48.6 Å². The lowest BCUT2D eigenvalue weighted by Crippen LogP contribution is -2.35. The monoisotopic (exact) mass is 321 g/mol. The van der Waals surface area contributed by atoms with Gasteiger partial charge in [0, 0.05) is 30.2 Å². The standard InChI is InChI=1S/C16H23N3O2S/c17-8-4-5-13-12-18-16-7-6-14(11-15(13)16)22(20,21)19-9-2-1-3-10-19/h6-7,11-12,18H,1-5,8-10,17H2. The maximum atomic E-state index is 12.8. The lowest BCUT2D eigenvalue weighted by molar-refractivity contribution is 0.346. The highest BCUT2D eigenvalue weighted by molar-refractivity contribution is 7.89. The average Bonchev–Trinajstić information content (AvgIpc) is 2.96. The first kappa shape index (κ1) is 15.5. The molecule has 1 aliphatic rings. The second-order valence-electron chi connectivity index (χ2n) is 5.88. The Morgan fingerprint density at radius 3 is 2.68 bits per heavy atom. The van der Waals surface area contributed by atoms with E-state index in [1.165, 1.54) is 0 Å². The summed E-state index contributed by atoms with van der Waals surface area (Å²) < 4.78 is 27.2. The van der Waals surface area contributed by atoms with E-state index in [9.17, 15) is 8.42 Å². The number of hydrogen-bond acceptors (Lipinski definition) is 3. The van der Waals surface area contributed by atoms with Crippen LogP contribution in [0.15, 0.2) is 29.3 Å². The molecule has 0 atom stereocenters. The van der Waals surface area contributed by atoms with Gasteiger partial charge in [0.2, 0.25) is 10.0 Å². The van der Waals surface area contributed by atoms with E-state index in [1.54, 1.807) is 10.4 Å². The molecule has 2 aromatic rings. The molecule has 0 saturated carbocycles. The number of H-pyrrole nitrogens is 1. The highest BCUT2D eigenvalue weighted by Crippen LogP contribution is 2.26. The minimum Gasteiger partial charge on any atom is -0.361 e. The van der Waals surface area contributed by atoms with Crippen LogP contribution in [0.1, 0.15) is 31.2 Å². The number of piperidine rings is 1. The van der Waals surface area contributed by atoms with Gasteiger partial charge < -0.3 is 10.7 Å². The Morgan fingerprint density at radius 2 is 1.95 bits per heavy atom. The normalized spacial score (nSPS) is 17.1. The lowest BCUT2D eigenvalue weighted by Gasteiger charge is -2.25. The van der Waals surface area contributed by atoms with E-state index >= 15 is 0 Å². The van der Waals surface area contributed by atoms with Gasteiger partial charge in [0.1, 0.15) is 0 Å². The van der Waals surface area contributed by atoms with Crippen LogP contribution in [0.25, 0.3) is 10.9 Å². The van der Waals surface area contributed by atoms with Crippen LogP contribution in [-0.4, -0.2) is 37.3 Å². The van der Waals surface area contributed by atoms with Crippen LogP contribution in [0, 0.1) is 0 Å². The number of rotatable bonds is 5. The summed E-state index contributed by atoms with van der Waals surface area (Å²) in [7, 11) is -3.37. The number of nitrogens with two attached hydrogens (primary N) is 1. The average molecular weight is 321 g/mol. The molecule has 22 heavy (non-hydrogen) atoms. The van der Waals surface area contributed by atoms with Gasteiger partial charge in [-0.3, -0.25) is 0 Å². The Bertz CT molecular complexity index is 746. The van der Waals surface area contributed by atoms with Crippen molar-refractivity contribution in [1.82, 2.24) is 9.29 Å². The Balaban J connectivity index is 1.96. The van der Waals surface area contributed by atoms with Gasteiger partial charge in [0.25, 0.3) is 0 Å². The first-order chi connectivity index (χ1) is 10.6. The predicted molar refractivity (Wildman–Crippen MR) is 88.3 cm³/mol. The minimum absolute atomic E-state index is 0.399. The second kappa shape index (κ2) is 6.40. The van der Waals surface area contributed by atoms with Gasteiger partial charge in [-0.1, -0.05) is 6.42 Å². The number of aromatic nitrogens is 1. The molecule has 5 nitrogen and oxygen atoms in total. The number of nitrogens with zero attached hydrogens (tertiary/aromatic N) is 1. The van der Waals surface area contributed by atoms with Crippen LogP contribution < -0.4 is 5.73 Å². The topological polar surface area (TPSA) is 79.2 Å². The summed E-state index contributed by atoms with van der Waals surface area (Å²) in [5, 5.41) is 0.992. The molecule has 0 radical (unpaired) electrons. The zero-order valence-corrected chi connectivity index (χ0v) is 13.5. The second-order valence-corrected chi connectivity index (χ2v) is 7.82. The lowest BCUT2D eigenvalue weighted by atomic mass is 10.1. The Hall–Kier alpha value is -1.37. The summed E-state index contributed by atoms with van der Waals surface area (Å²) in [4.78, 5) is 3.60. The summed E-state index contributed by atoms with van der Waals surface area (Å²) in [6.45, 7) is 1.90. The van der Waals surface area contributed by atoms with Crippen LogP contribution in [0.5, 0.6) is 0 Å². The van der Waals surface area contributed by atoms with Crippen molar-refractivity contribution in [3.05, 3.63) is 30.0 Å². The fourth-order valence-electron chi connectivity index (χ4n) is 3.07. The molecule has 6 heteroatoms. The molecule has 120 valence electrons. The van der Waals surface area contributed by atoms with Crippen molar-refractivity contribution in [2.45, 2.75) is 37.0 Å². The van der Waals surface area contributed by atoms with E-state index in [0.29, 0.717) is 24.5 Å². The molecule has 1 fully saturated rings. The zero-order chi connectivity index (χ0) is 15.6. The first-order valence-electron chi connectivity index (χ1n) is 7.93. The van der Waals surface area contributed by atoms with Crippen molar-refractivity contribution >= 4 is 20.9 Å². The van der Waals surface area contributed by atoms with Crippen molar-refractivity contribution < 1.29 is 8.42 Å². The maximum absolute atomic E-state index is 12.8. The molecule has 1 aromatic heterocycles. The van der Waals surface area contributed by atoms with E-state index in [-0.39, 0.29) is 0 Å². The van der Waals surface area contributed by atoms with E-state index in [4.69, 9.17) is 5.73 Å². The van der Waals surface area contributed by atoms with Crippen LogP contribution in [0.2, 0.25) is 0 Å². The molecule has 0 aliphatic carbocycles. The molecule has 3 rings (SSSR count). The first-order valence-corrected chi connectivity index (χ1v) is 9.37. The Morgan fingerprint density at radius 1 is 1.18 bits per heavy atom. The smallest absolute Gasteiger partial charge is 0.243 e. The molecule has 1 aromatic carbocycles. The molecule has 1 saturated heterocycles. The van der Waals surface area contributed by atoms with Crippen molar-refractivity contribution in [3.63, 3.8) is 0 Å². The van der Waals surface area contributed by atoms with Gasteiger partial charge in [-0.05, 0) is 56.0 Å². The number of aromatic amines is 1. The van der Waals surface area contributed by atoms with Crippen LogP contribution in [0.3, 0.4) is 0 Å². The predicted octanol–water partition coefficient (Wildman–Crippen LogP) is 2.23. The third-order valence-electron chi connectivity index (χ3n) is 4.34. The Labute approximate surface area is 131 Å². The summed E-state index contributed by atoms with van der Waals surface area (Å²) in [6, 6.07) is 5.37. The quantitative estimate of drug-likeness (QED) is 0.886. The number of nitrogens with one attached hydrogen (secondary N) is 1. The number of fused-ring (bicyclic) bond motifs is 1. The molecule has 2 heterocycles. The highest BCUT2D eigenvalue weighted by Gasteiger charge is 2.26. The van der Waals surface area contributed by atoms with E-state index in [2.05, 4.69) is 4.98 Å². The number of sulfonamides is 1. The fraction of sp³-hybridized carbons (Fsp3) is 0.500. The van der Waals surface area contributed by atoms with Crippen LogP contribution in [-0.2, 0) is 16.4 Å². The molecule has 0 spiro atoms. The van der Waals surface area contributed by atoms with Gasteiger partial charge in [-0.25, -0.2) is 8.42 Å². The Kier molecular flexibility index (Phi) is 4.52. The van der Waals surface area contributed by atoms with Crippen LogP contribution in [0.4, 0.5) is 0 Å². The van der Waals surface area contributed by atoms with Crippen LogP contribution >= 0.6 is 0 Å². The number of benzene rings is 1. The summed E-state index contributed by atoms with van der Waals surface area (Å²) in [5.41, 5.74) is 7.68. The highest BCUT2D eigenvalue weighted by atomic mass is 32.2. The summed E-state index contributed by atoms with van der Waals surface area (Å²) >= 11 is 0. The summed E-state index contributed by atoms with van der Waals surface area (Å²) in [6.07, 6.45) is 6.74. The van der Waals surface area contributed by atoms with Crippen molar-refractivity contribution in [2.75, 3.05) is 19.6 Å². The molecule has 0 unspecified atom stereocenters. The van der Waals surface area contributed by atoms with Gasteiger partial charge in [0.15, 0.2) is 0 Å². The van der Waals surface area contributed by atoms with E-state index in [1.807, 2.05) is 18.3 Å². The molecule has 3 N–H and O–H groups in total. The van der Waals surface area contributed by atoms with Gasteiger partial charge in [-0.2, -0.15) is 4.31 Å². The van der Waals surface area contributed by atoms with Gasteiger partial charge in [0.05, 0.1) is 4.90 Å². The third kappa shape index (κ3) is 2.91. The fourth-order valence-corrected chi connectivity index (χ4v) is 4.62. The number of aryl methyl sites for hydroxylation is 1. The third-order valence-corrected chi connectivity index (χ3v) is 6.24. The van der Waals surface area contributed by atoms with Crippen molar-refractivity contribution in [1.29, 1.82) is 0 Å². The maximum Gasteiger partial charge on any atom is 0.243 e. The van der Waals surface area contributed by atoms with Crippen molar-refractivity contribution in [2.24, 2.45) is 5.73 Å². The van der Waals surface area contributed by atoms with E-state index < -0.39 is 10.0 Å². The molecular formula is C16H23N3O2S. The number of hydrogen-bond donors (Lipinski definition) is 2. The molecule has 1 aliphatic heterocycles. The SMILES string of the molecule is NCCCc1c[nH]c2ccc(S(=O)(=O)N3CCCCC3)cc12. The molecule has 0 bridgehead atoms. The molecule has 0 amide bonds. The summed E-state index contributed by atoms with van der Waals surface area (Å²) in [5.74, 6) is 0. The molecular weight excluding hydrogens is 298 g/mol. The zero-order valence-electron chi connectivity index (χ0n) is 12.7. The van der Waals surface area contributed by atoms with Crippen molar-refractivity contribution in [3.8, 4) is 0 Å². The minimum atomic E-state index is -3.37.